The predicted molar refractivity (Wildman–Crippen MR) is 128 cm³/mol. The molecule has 3 aromatic rings. The van der Waals surface area contributed by atoms with Crippen molar-refractivity contribution in [2.45, 2.75) is 63.6 Å². The van der Waals surface area contributed by atoms with Gasteiger partial charge in [-0.05, 0) is 30.4 Å². The summed E-state index contributed by atoms with van der Waals surface area (Å²) >= 11 is 0. The maximum Gasteiger partial charge on any atom is 0.343 e. The summed E-state index contributed by atoms with van der Waals surface area (Å²) in [4.78, 5) is 13.0. The topological polar surface area (TPSA) is 55.3 Å². The maximum absolute atomic E-state index is 13.9. The number of hydrogen-bond acceptors (Lipinski definition) is 3. The Hall–Kier alpha value is -3.06. The van der Waals surface area contributed by atoms with Crippen molar-refractivity contribution >= 4 is 5.97 Å². The molecular weight excluding hydrogens is 450 g/mol. The van der Waals surface area contributed by atoms with Crippen LogP contribution in [0.25, 0.3) is 0 Å². The van der Waals surface area contributed by atoms with Gasteiger partial charge in [-0.15, -0.1) is 0 Å². The van der Waals surface area contributed by atoms with Crippen LogP contribution in [-0.4, -0.2) is 28.2 Å². The van der Waals surface area contributed by atoms with Gasteiger partial charge in [-0.3, -0.25) is 0 Å². The molecule has 1 N–H and O–H groups in total. The fourth-order valence-corrected chi connectivity index (χ4v) is 4.90. The van der Waals surface area contributed by atoms with E-state index in [0.717, 1.165) is 25.3 Å². The lowest BCUT2D eigenvalue weighted by Crippen LogP contribution is -2.44. The van der Waals surface area contributed by atoms with Crippen LogP contribution in [0, 0.1) is 12.8 Å². The van der Waals surface area contributed by atoms with Crippen LogP contribution in [0.4, 0.5) is 8.78 Å². The van der Waals surface area contributed by atoms with Gasteiger partial charge in [0.25, 0.3) is 5.82 Å². The zero-order valence-electron chi connectivity index (χ0n) is 20.1. The molecule has 1 fully saturated rings. The summed E-state index contributed by atoms with van der Waals surface area (Å²) in [7, 11) is 0. The van der Waals surface area contributed by atoms with Crippen molar-refractivity contribution in [2.24, 2.45) is 5.92 Å². The minimum atomic E-state index is -2.88. The molecule has 2 atom stereocenters. The third-order valence-electron chi connectivity index (χ3n) is 7.00. The number of benzene rings is 2. The van der Waals surface area contributed by atoms with Crippen LogP contribution in [0.3, 0.4) is 0 Å². The Balaban J connectivity index is 1.31. The highest BCUT2D eigenvalue weighted by atomic mass is 19.3. The van der Waals surface area contributed by atoms with Crippen LogP contribution < -0.4 is 4.57 Å². The van der Waals surface area contributed by atoms with E-state index in [4.69, 9.17) is 4.74 Å². The van der Waals surface area contributed by atoms with Gasteiger partial charge in [0.15, 0.2) is 5.60 Å². The Morgan fingerprint density at radius 1 is 1.14 bits per heavy atom. The van der Waals surface area contributed by atoms with E-state index in [1.54, 1.807) is 30.3 Å². The number of carbonyl (C=O) groups is 1. The van der Waals surface area contributed by atoms with Gasteiger partial charge in [0.2, 0.25) is 5.92 Å². The Labute approximate surface area is 205 Å². The van der Waals surface area contributed by atoms with Crippen LogP contribution in [0.1, 0.15) is 49.1 Å². The number of alkyl halides is 2. The van der Waals surface area contributed by atoms with Gasteiger partial charge in [0, 0.05) is 25.7 Å². The number of imidazole rings is 1. The molecule has 7 heteroatoms. The molecule has 1 saturated carbocycles. The molecule has 1 aliphatic carbocycles. The lowest BCUT2D eigenvalue weighted by atomic mass is 9.80. The number of hydrogen-bond donors (Lipinski definition) is 1. The van der Waals surface area contributed by atoms with Gasteiger partial charge in [-0.1, -0.05) is 60.7 Å². The first-order chi connectivity index (χ1) is 16.8. The average molecular weight is 484 g/mol. The van der Waals surface area contributed by atoms with E-state index in [0.29, 0.717) is 12.0 Å². The molecule has 0 bridgehead atoms. The van der Waals surface area contributed by atoms with E-state index >= 15 is 0 Å². The summed E-state index contributed by atoms with van der Waals surface area (Å²) in [5.74, 6) is -3.47. The highest BCUT2D eigenvalue weighted by Gasteiger charge is 2.54. The van der Waals surface area contributed by atoms with Gasteiger partial charge in [-0.25, -0.2) is 22.7 Å². The lowest BCUT2D eigenvalue weighted by Gasteiger charge is -2.32. The van der Waals surface area contributed by atoms with Gasteiger partial charge in [0.1, 0.15) is 18.9 Å². The van der Waals surface area contributed by atoms with Crippen molar-refractivity contribution in [3.63, 3.8) is 0 Å². The van der Waals surface area contributed by atoms with Crippen molar-refractivity contribution < 1.29 is 28.0 Å². The smallest absolute Gasteiger partial charge is 0.343 e. The molecule has 186 valence electrons. The third kappa shape index (κ3) is 5.78. The SMILES string of the molecule is Cc1n(CCCCOC(=O)[C@](O)(c2ccccc2)[C@@H]2CCC(F)(F)C2)cc[n+]1Cc1ccccc1. The largest absolute Gasteiger partial charge is 0.463 e. The maximum atomic E-state index is 13.9. The van der Waals surface area contributed by atoms with Crippen LogP contribution >= 0.6 is 0 Å². The lowest BCUT2D eigenvalue weighted by molar-refractivity contribution is -0.694. The quantitative estimate of drug-likeness (QED) is 0.257. The molecule has 0 aliphatic heterocycles. The van der Waals surface area contributed by atoms with Crippen LogP contribution in [0.5, 0.6) is 0 Å². The van der Waals surface area contributed by atoms with Crippen molar-refractivity contribution in [1.82, 2.24) is 4.57 Å². The first kappa shape index (κ1) is 25.0. The van der Waals surface area contributed by atoms with Crippen molar-refractivity contribution in [3.05, 3.63) is 90.0 Å². The highest BCUT2D eigenvalue weighted by Crippen LogP contribution is 2.47. The molecule has 35 heavy (non-hydrogen) atoms. The number of aryl methyl sites for hydroxylation is 1. The number of aromatic nitrogens is 2. The summed E-state index contributed by atoms with van der Waals surface area (Å²) in [6.45, 7) is 3.76. The first-order valence-corrected chi connectivity index (χ1v) is 12.2. The molecule has 0 unspecified atom stereocenters. The van der Waals surface area contributed by atoms with Crippen molar-refractivity contribution in [3.8, 4) is 0 Å². The fourth-order valence-electron chi connectivity index (χ4n) is 4.90. The monoisotopic (exact) mass is 483 g/mol. The number of halogens is 2. The second-order valence-electron chi connectivity index (χ2n) is 9.42. The molecule has 5 nitrogen and oxygen atoms in total. The van der Waals surface area contributed by atoms with Crippen molar-refractivity contribution in [2.75, 3.05) is 6.61 Å². The van der Waals surface area contributed by atoms with Crippen LogP contribution in [-0.2, 0) is 28.2 Å². The summed E-state index contributed by atoms with van der Waals surface area (Å²) in [6.07, 6.45) is 4.69. The Kier molecular flexibility index (Phi) is 7.65. The second-order valence-corrected chi connectivity index (χ2v) is 9.42. The zero-order valence-corrected chi connectivity index (χ0v) is 20.1. The molecular formula is C28H33F2N2O3+. The van der Waals surface area contributed by atoms with Crippen molar-refractivity contribution in [1.29, 1.82) is 0 Å². The zero-order chi connectivity index (χ0) is 24.9. The number of nitrogens with zero attached hydrogens (tertiary/aromatic N) is 2. The van der Waals surface area contributed by atoms with Crippen LogP contribution in [0.2, 0.25) is 0 Å². The molecule has 2 aromatic carbocycles. The Morgan fingerprint density at radius 2 is 1.83 bits per heavy atom. The fraction of sp³-hybridized carbons (Fsp3) is 0.429. The molecule has 1 aliphatic rings. The summed E-state index contributed by atoms with van der Waals surface area (Å²) in [5.41, 5.74) is -0.531. The van der Waals surface area contributed by atoms with E-state index in [9.17, 15) is 18.7 Å². The normalized spacial score (nSPS) is 18.8. The number of esters is 1. The molecule has 1 heterocycles. The molecule has 0 radical (unpaired) electrons. The molecule has 4 rings (SSSR count). The average Bonchev–Trinajstić information content (AvgIpc) is 3.41. The standard InChI is InChI=1S/C28H33F2N2O3/c1-22-31(17-18-32(22)21-23-10-4-2-5-11-23)16-8-9-19-35-26(33)28(34,24-12-6-3-7-13-24)25-14-15-27(29,30)20-25/h2-7,10-13,17-18,25,34H,8-9,14-16,19-21H2,1H3/q+1/t25-,28+/m1/s1. The number of aliphatic hydroxyl groups is 1. The molecule has 0 spiro atoms. The van der Waals surface area contributed by atoms with Gasteiger partial charge < -0.3 is 9.84 Å². The van der Waals surface area contributed by atoms with E-state index in [-0.39, 0.29) is 19.4 Å². The molecule has 0 saturated heterocycles. The predicted octanol–water partition coefficient (Wildman–Crippen LogP) is 4.78. The molecule has 0 amide bonds. The summed E-state index contributed by atoms with van der Waals surface area (Å²) in [5, 5.41) is 11.4. The summed E-state index contributed by atoms with van der Waals surface area (Å²) in [6, 6.07) is 18.6. The minimum absolute atomic E-state index is 0.0728. The van der Waals surface area contributed by atoms with E-state index in [1.165, 1.54) is 5.56 Å². The summed E-state index contributed by atoms with van der Waals surface area (Å²) < 4.78 is 37.6. The van der Waals surface area contributed by atoms with Gasteiger partial charge in [0.05, 0.1) is 13.2 Å². The number of unbranched alkanes of at least 4 members (excludes halogenated alkanes) is 1. The van der Waals surface area contributed by atoms with Gasteiger partial charge >= 0.3 is 5.97 Å². The number of carbonyl (C=O) groups excluding carboxylic acids is 1. The number of rotatable bonds is 10. The van der Waals surface area contributed by atoms with E-state index in [1.807, 2.05) is 24.4 Å². The second kappa shape index (κ2) is 10.7. The highest BCUT2D eigenvalue weighted by molar-refractivity contribution is 5.81. The van der Waals surface area contributed by atoms with E-state index in [2.05, 4.69) is 34.4 Å². The van der Waals surface area contributed by atoms with Gasteiger partial charge in [-0.2, -0.15) is 0 Å². The Bertz CT molecular complexity index is 1120. The third-order valence-corrected chi connectivity index (χ3v) is 7.00. The van der Waals surface area contributed by atoms with E-state index < -0.39 is 29.8 Å². The minimum Gasteiger partial charge on any atom is -0.463 e. The Morgan fingerprint density at radius 3 is 2.49 bits per heavy atom. The first-order valence-electron chi connectivity index (χ1n) is 12.2. The van der Waals surface area contributed by atoms with Crippen LogP contribution in [0.15, 0.2) is 73.1 Å². The number of ether oxygens (including phenoxy) is 1. The molecule has 1 aromatic heterocycles.